The molecule has 0 aromatic heterocycles. The molecule has 0 radical (unpaired) electrons. The number of phenolic OH excluding ortho intramolecular Hbond substituents is 1. The summed E-state index contributed by atoms with van der Waals surface area (Å²) >= 11 is -0.556. The Kier molecular flexibility index (Phi) is 9.57. The molecular formula is C21H27Cl2FNOPTi. The van der Waals surface area contributed by atoms with E-state index in [1.54, 1.807) is 6.07 Å². The van der Waals surface area contributed by atoms with Crippen LogP contribution in [0.1, 0.15) is 45.6 Å². The van der Waals surface area contributed by atoms with Crippen molar-refractivity contribution < 1.29 is 26.5 Å². The van der Waals surface area contributed by atoms with Gasteiger partial charge in [-0.2, -0.15) is 0 Å². The van der Waals surface area contributed by atoms with Crippen molar-refractivity contribution in [3.05, 3.63) is 47.8 Å². The molecule has 1 aliphatic heterocycles. The van der Waals surface area contributed by atoms with Gasteiger partial charge in [0.05, 0.1) is 0 Å². The zero-order valence-electron chi connectivity index (χ0n) is 16.5. The molecule has 1 N–H and O–H groups in total. The van der Waals surface area contributed by atoms with Gasteiger partial charge < -0.3 is 10.0 Å². The number of hydrogen-bond acceptors (Lipinski definition) is 2. The molecular weight excluding hydrogens is 451 g/mol. The second-order valence-electron chi connectivity index (χ2n) is 7.86. The second kappa shape index (κ2) is 11.2. The molecule has 0 amide bonds. The van der Waals surface area contributed by atoms with Gasteiger partial charge in [-0.3, -0.25) is 0 Å². The maximum absolute atomic E-state index is 13.9. The second-order valence-corrected chi connectivity index (χ2v) is 11.8. The van der Waals surface area contributed by atoms with Crippen LogP contribution < -0.4 is 15.5 Å². The van der Waals surface area contributed by atoms with Crippen LogP contribution in [0.15, 0.2) is 36.4 Å². The van der Waals surface area contributed by atoms with Crippen LogP contribution in [-0.4, -0.2) is 18.2 Å². The zero-order chi connectivity index (χ0) is 20.7. The number of halogens is 3. The van der Waals surface area contributed by atoms with E-state index in [-0.39, 0.29) is 11.2 Å². The normalized spacial score (nSPS) is 14.7. The van der Waals surface area contributed by atoms with Gasteiger partial charge in [0.25, 0.3) is 0 Å². The molecule has 0 saturated carbocycles. The summed E-state index contributed by atoms with van der Waals surface area (Å²) in [6.07, 6.45) is 3.56. The fraction of sp³-hybridized carbons (Fsp3) is 0.429. The Morgan fingerprint density at radius 1 is 1.04 bits per heavy atom. The number of rotatable bonds is 3. The van der Waals surface area contributed by atoms with E-state index in [1.165, 1.54) is 12.5 Å². The number of aromatic hydroxyl groups is 1. The first kappa shape index (κ1) is 24.0. The van der Waals surface area contributed by atoms with Gasteiger partial charge >= 0.3 is 35.6 Å². The minimum absolute atomic E-state index is 0.108. The predicted octanol–water partition coefficient (Wildman–Crippen LogP) is 5.82. The molecule has 0 aliphatic carbocycles. The number of phenols is 1. The quantitative estimate of drug-likeness (QED) is 0.444. The van der Waals surface area contributed by atoms with Crippen LogP contribution in [0.3, 0.4) is 0 Å². The monoisotopic (exact) mass is 477 g/mol. The van der Waals surface area contributed by atoms with Crippen LogP contribution in [0, 0.1) is 5.82 Å². The van der Waals surface area contributed by atoms with Gasteiger partial charge in [0.15, 0.2) is 0 Å². The van der Waals surface area contributed by atoms with Crippen molar-refractivity contribution in [1.29, 1.82) is 0 Å². The minimum atomic E-state index is -0.556. The van der Waals surface area contributed by atoms with E-state index in [0.717, 1.165) is 47.8 Å². The molecule has 7 heteroatoms. The fourth-order valence-corrected chi connectivity index (χ4v) is 4.65. The van der Waals surface area contributed by atoms with Gasteiger partial charge in [0, 0.05) is 29.4 Å². The van der Waals surface area contributed by atoms with Crippen molar-refractivity contribution in [1.82, 2.24) is 0 Å². The van der Waals surface area contributed by atoms with E-state index in [2.05, 4.69) is 25.7 Å². The number of benzene rings is 2. The number of nitrogens with zero attached hydrogens (tertiary/aromatic N) is 1. The van der Waals surface area contributed by atoms with E-state index < -0.39 is 17.0 Å². The summed E-state index contributed by atoms with van der Waals surface area (Å²) < 4.78 is 13.9. The SMILES string of the molecule is CC(C)(C)c1cccc(Pc2ccc(F)cc2N2CCCCC2)c1O.[Cl][Ti][Cl]. The topological polar surface area (TPSA) is 23.5 Å². The van der Waals surface area contributed by atoms with Gasteiger partial charge in [0.1, 0.15) is 11.6 Å². The third kappa shape index (κ3) is 6.61. The summed E-state index contributed by atoms with van der Waals surface area (Å²) in [6, 6.07) is 11.0. The van der Waals surface area contributed by atoms with Crippen LogP contribution in [0.25, 0.3) is 0 Å². The van der Waals surface area contributed by atoms with E-state index >= 15 is 0 Å². The first-order chi connectivity index (χ1) is 13.3. The first-order valence-electron chi connectivity index (χ1n) is 9.38. The van der Waals surface area contributed by atoms with E-state index in [4.69, 9.17) is 18.6 Å². The molecule has 1 heterocycles. The van der Waals surface area contributed by atoms with Gasteiger partial charge in [-0.05, 0) is 48.4 Å². The summed E-state index contributed by atoms with van der Waals surface area (Å²) in [5.74, 6) is 0.184. The molecule has 1 unspecified atom stereocenters. The summed E-state index contributed by atoms with van der Waals surface area (Å²) in [5, 5.41) is 12.8. The molecule has 0 spiro atoms. The summed E-state index contributed by atoms with van der Waals surface area (Å²) in [5.41, 5.74) is 1.83. The molecule has 1 aliphatic rings. The first-order valence-corrected chi connectivity index (χ1v) is 14.7. The van der Waals surface area contributed by atoms with Gasteiger partial charge in [0.2, 0.25) is 0 Å². The predicted molar refractivity (Wildman–Crippen MR) is 119 cm³/mol. The van der Waals surface area contributed by atoms with Crippen LogP contribution in [0.2, 0.25) is 0 Å². The van der Waals surface area contributed by atoms with Crippen molar-refractivity contribution in [2.75, 3.05) is 18.0 Å². The molecule has 1 saturated heterocycles. The maximum atomic E-state index is 13.9. The summed E-state index contributed by atoms with van der Waals surface area (Å²) in [4.78, 5) is 2.29. The van der Waals surface area contributed by atoms with E-state index in [1.807, 2.05) is 24.3 Å². The van der Waals surface area contributed by atoms with Crippen LogP contribution in [-0.2, 0) is 22.4 Å². The molecule has 2 nitrogen and oxygen atoms in total. The molecule has 1 fully saturated rings. The average molecular weight is 478 g/mol. The number of para-hydroxylation sites is 1. The van der Waals surface area contributed by atoms with E-state index in [9.17, 15) is 9.50 Å². The number of hydrogen-bond donors (Lipinski definition) is 1. The van der Waals surface area contributed by atoms with Crippen molar-refractivity contribution in [2.24, 2.45) is 0 Å². The molecule has 152 valence electrons. The summed E-state index contributed by atoms with van der Waals surface area (Å²) in [7, 11) is 10.1. The Balaban J connectivity index is 0.000000878. The molecule has 2 aromatic rings. The van der Waals surface area contributed by atoms with Crippen LogP contribution >= 0.6 is 27.2 Å². The van der Waals surface area contributed by atoms with Gasteiger partial charge in [-0.25, -0.2) is 4.39 Å². The van der Waals surface area contributed by atoms with Crippen molar-refractivity contribution in [2.45, 2.75) is 45.4 Å². The Morgan fingerprint density at radius 2 is 1.68 bits per heavy atom. The Hall–Kier alpha value is -0.306. The van der Waals surface area contributed by atoms with Crippen LogP contribution in [0.5, 0.6) is 5.75 Å². The van der Waals surface area contributed by atoms with Crippen LogP contribution in [0.4, 0.5) is 10.1 Å². The summed E-state index contributed by atoms with van der Waals surface area (Å²) in [6.45, 7) is 8.27. The average Bonchev–Trinajstić information content (AvgIpc) is 2.65. The Bertz CT molecular complexity index is 779. The van der Waals surface area contributed by atoms with Crippen molar-refractivity contribution >= 4 is 43.5 Å². The standard InChI is InChI=1S/C21H27FNOP.2ClH.Ti/c1-21(2,3)16-8-7-9-19(20(16)24)25-18-11-10-15(22)14-17(18)23-12-5-4-6-13-23;;;/h7-11,14,24-25H,4-6,12-13H2,1-3H3;2*1H;/q;;;+2/p-2. The molecule has 2 aromatic carbocycles. The van der Waals surface area contributed by atoms with Gasteiger partial charge in [-0.1, -0.05) is 47.6 Å². The van der Waals surface area contributed by atoms with E-state index in [0.29, 0.717) is 14.3 Å². The molecule has 3 rings (SSSR count). The Morgan fingerprint density at radius 3 is 2.29 bits per heavy atom. The third-order valence-electron chi connectivity index (χ3n) is 4.77. The third-order valence-corrected chi connectivity index (χ3v) is 6.13. The molecule has 0 bridgehead atoms. The molecule has 28 heavy (non-hydrogen) atoms. The Labute approximate surface area is 186 Å². The van der Waals surface area contributed by atoms with Crippen molar-refractivity contribution in [3.8, 4) is 5.75 Å². The zero-order valence-corrected chi connectivity index (χ0v) is 20.6. The molecule has 1 atom stereocenters. The number of anilines is 1. The van der Waals surface area contributed by atoms with Crippen molar-refractivity contribution in [3.63, 3.8) is 0 Å². The van der Waals surface area contributed by atoms with Gasteiger partial charge in [-0.15, -0.1) is 0 Å². The number of piperidine rings is 1. The fourth-order valence-electron chi connectivity index (χ4n) is 3.40.